The molecule has 0 bridgehead atoms. The van der Waals surface area contributed by atoms with E-state index in [4.69, 9.17) is 4.74 Å². The van der Waals surface area contributed by atoms with Gasteiger partial charge in [-0.3, -0.25) is 14.9 Å². The molecular weight excluding hydrogens is 290 g/mol. The van der Waals surface area contributed by atoms with E-state index in [0.29, 0.717) is 11.7 Å². The quantitative estimate of drug-likeness (QED) is 0.912. The molecule has 2 amide bonds. The molecule has 0 spiro atoms. The average molecular weight is 305 g/mol. The van der Waals surface area contributed by atoms with Crippen molar-refractivity contribution < 1.29 is 14.3 Å². The first-order chi connectivity index (χ1) is 10.1. The van der Waals surface area contributed by atoms with E-state index >= 15 is 0 Å². The fraction of sp³-hybridized carbons (Fsp3) is 0.357. The zero-order chi connectivity index (χ0) is 14.8. The summed E-state index contributed by atoms with van der Waals surface area (Å²) in [6.45, 7) is 2.10. The summed E-state index contributed by atoms with van der Waals surface area (Å²) in [6, 6.07) is 5.45. The molecule has 7 heteroatoms. The van der Waals surface area contributed by atoms with Crippen molar-refractivity contribution in [3.8, 4) is 0 Å². The SMILES string of the molecule is CC(=O)Nc1ccc2nc(NC(=O)C3CCCO3)sc2c1. The highest BCUT2D eigenvalue weighted by Crippen LogP contribution is 2.29. The van der Waals surface area contributed by atoms with Crippen molar-refractivity contribution >= 4 is 44.2 Å². The van der Waals surface area contributed by atoms with Gasteiger partial charge in [0.2, 0.25) is 5.91 Å². The molecule has 1 aliphatic rings. The van der Waals surface area contributed by atoms with E-state index in [2.05, 4.69) is 15.6 Å². The lowest BCUT2D eigenvalue weighted by Crippen LogP contribution is -2.26. The average Bonchev–Trinajstić information content (AvgIpc) is 3.05. The van der Waals surface area contributed by atoms with Gasteiger partial charge in [0.25, 0.3) is 5.91 Å². The molecule has 1 saturated heterocycles. The number of nitrogens with zero attached hydrogens (tertiary/aromatic N) is 1. The summed E-state index contributed by atoms with van der Waals surface area (Å²) >= 11 is 1.38. The van der Waals surface area contributed by atoms with Crippen LogP contribution in [0.15, 0.2) is 18.2 Å². The standard InChI is InChI=1S/C14H15N3O3S/c1-8(18)15-9-4-5-10-12(7-9)21-14(16-10)17-13(19)11-3-2-6-20-11/h4-5,7,11H,2-3,6H2,1H3,(H,15,18)(H,16,17,19). The lowest BCUT2D eigenvalue weighted by molar-refractivity contribution is -0.124. The second-order valence-electron chi connectivity index (χ2n) is 4.87. The zero-order valence-corrected chi connectivity index (χ0v) is 12.3. The number of thiazole rings is 1. The van der Waals surface area contributed by atoms with Crippen LogP contribution < -0.4 is 10.6 Å². The fourth-order valence-corrected chi connectivity index (χ4v) is 3.14. The van der Waals surface area contributed by atoms with Crippen LogP contribution in [-0.2, 0) is 14.3 Å². The number of ether oxygens (including phenoxy) is 1. The molecule has 6 nitrogen and oxygen atoms in total. The summed E-state index contributed by atoms with van der Waals surface area (Å²) in [6.07, 6.45) is 1.30. The van der Waals surface area contributed by atoms with Gasteiger partial charge in [-0.05, 0) is 31.0 Å². The lowest BCUT2D eigenvalue weighted by atomic mass is 10.2. The number of amides is 2. The molecule has 0 saturated carbocycles. The van der Waals surface area contributed by atoms with E-state index in [1.807, 2.05) is 12.1 Å². The van der Waals surface area contributed by atoms with Crippen molar-refractivity contribution in [2.24, 2.45) is 0 Å². The fourth-order valence-electron chi connectivity index (χ4n) is 2.23. The second kappa shape index (κ2) is 5.79. The number of fused-ring (bicyclic) bond motifs is 1. The van der Waals surface area contributed by atoms with Crippen LogP contribution in [-0.4, -0.2) is 29.5 Å². The monoisotopic (exact) mass is 305 g/mol. The minimum atomic E-state index is -0.369. The molecule has 110 valence electrons. The number of carbonyl (C=O) groups is 2. The molecule has 1 aliphatic heterocycles. The summed E-state index contributed by atoms with van der Waals surface area (Å²) in [5.74, 6) is -0.264. The number of hydrogen-bond acceptors (Lipinski definition) is 5. The lowest BCUT2D eigenvalue weighted by Gasteiger charge is -2.07. The largest absolute Gasteiger partial charge is 0.368 e. The van der Waals surface area contributed by atoms with Crippen molar-refractivity contribution in [1.82, 2.24) is 4.98 Å². The summed E-state index contributed by atoms with van der Waals surface area (Å²) in [5.41, 5.74) is 1.51. The topological polar surface area (TPSA) is 80.3 Å². The molecule has 1 atom stereocenters. The number of aromatic nitrogens is 1. The molecule has 1 unspecified atom stereocenters. The van der Waals surface area contributed by atoms with Crippen LogP contribution in [0.2, 0.25) is 0 Å². The van der Waals surface area contributed by atoms with Crippen LogP contribution >= 0.6 is 11.3 Å². The molecule has 21 heavy (non-hydrogen) atoms. The van der Waals surface area contributed by atoms with Gasteiger partial charge >= 0.3 is 0 Å². The van der Waals surface area contributed by atoms with Gasteiger partial charge in [-0.25, -0.2) is 4.98 Å². The Labute approximate surface area is 125 Å². The van der Waals surface area contributed by atoms with Crippen molar-refractivity contribution in [3.05, 3.63) is 18.2 Å². The zero-order valence-electron chi connectivity index (χ0n) is 11.5. The molecule has 2 heterocycles. The summed E-state index contributed by atoms with van der Waals surface area (Å²) < 4.78 is 6.25. The van der Waals surface area contributed by atoms with Crippen molar-refractivity contribution in [1.29, 1.82) is 0 Å². The predicted octanol–water partition coefficient (Wildman–Crippen LogP) is 2.37. The highest BCUT2D eigenvalue weighted by atomic mass is 32.1. The van der Waals surface area contributed by atoms with Gasteiger partial charge in [-0.15, -0.1) is 0 Å². The van der Waals surface area contributed by atoms with Crippen LogP contribution in [0.1, 0.15) is 19.8 Å². The van der Waals surface area contributed by atoms with Gasteiger partial charge < -0.3 is 10.1 Å². The molecule has 1 fully saturated rings. The smallest absolute Gasteiger partial charge is 0.255 e. The van der Waals surface area contributed by atoms with Gasteiger partial charge in [0.15, 0.2) is 5.13 Å². The minimum absolute atomic E-state index is 0.120. The number of hydrogen-bond donors (Lipinski definition) is 2. The number of anilines is 2. The Morgan fingerprint density at radius 1 is 1.38 bits per heavy atom. The first kappa shape index (κ1) is 14.0. The van der Waals surface area contributed by atoms with Crippen LogP contribution in [0.25, 0.3) is 10.2 Å². The van der Waals surface area contributed by atoms with Crippen molar-refractivity contribution in [2.75, 3.05) is 17.2 Å². The van der Waals surface area contributed by atoms with Crippen molar-refractivity contribution in [3.63, 3.8) is 0 Å². The molecular formula is C14H15N3O3S. The maximum absolute atomic E-state index is 12.0. The van der Waals surface area contributed by atoms with E-state index in [1.54, 1.807) is 6.07 Å². The van der Waals surface area contributed by atoms with E-state index in [9.17, 15) is 9.59 Å². The Kier molecular flexibility index (Phi) is 3.85. The van der Waals surface area contributed by atoms with Gasteiger partial charge in [0.1, 0.15) is 6.10 Å². The Morgan fingerprint density at radius 3 is 2.95 bits per heavy atom. The number of carbonyl (C=O) groups excluding carboxylic acids is 2. The first-order valence-electron chi connectivity index (χ1n) is 6.72. The van der Waals surface area contributed by atoms with Gasteiger partial charge in [0.05, 0.1) is 10.2 Å². The molecule has 1 aromatic heterocycles. The third-order valence-corrected chi connectivity index (χ3v) is 4.09. The number of nitrogens with one attached hydrogen (secondary N) is 2. The van der Waals surface area contributed by atoms with E-state index in [-0.39, 0.29) is 17.9 Å². The first-order valence-corrected chi connectivity index (χ1v) is 7.54. The predicted molar refractivity (Wildman–Crippen MR) is 81.5 cm³/mol. The second-order valence-corrected chi connectivity index (χ2v) is 5.90. The third kappa shape index (κ3) is 3.20. The molecule has 1 aromatic carbocycles. The van der Waals surface area contributed by atoms with E-state index in [1.165, 1.54) is 18.3 Å². The van der Waals surface area contributed by atoms with Crippen LogP contribution in [0.4, 0.5) is 10.8 Å². The van der Waals surface area contributed by atoms with Crippen LogP contribution in [0.3, 0.4) is 0 Å². The van der Waals surface area contributed by atoms with Gasteiger partial charge in [0, 0.05) is 19.2 Å². The number of benzene rings is 1. The van der Waals surface area contributed by atoms with Gasteiger partial charge in [-0.1, -0.05) is 11.3 Å². The highest BCUT2D eigenvalue weighted by Gasteiger charge is 2.24. The van der Waals surface area contributed by atoms with Crippen molar-refractivity contribution in [2.45, 2.75) is 25.9 Å². The Bertz CT molecular complexity index is 692. The summed E-state index contributed by atoms with van der Waals surface area (Å²) in [7, 11) is 0. The Hall–Kier alpha value is -1.99. The molecule has 2 aromatic rings. The van der Waals surface area contributed by atoms with Crippen LogP contribution in [0.5, 0.6) is 0 Å². The maximum atomic E-state index is 12.0. The molecule has 3 rings (SSSR count). The molecule has 2 N–H and O–H groups in total. The van der Waals surface area contributed by atoms with Gasteiger partial charge in [-0.2, -0.15) is 0 Å². The summed E-state index contributed by atoms with van der Waals surface area (Å²) in [5, 5.41) is 6.06. The molecule has 0 radical (unpaired) electrons. The third-order valence-electron chi connectivity index (χ3n) is 3.16. The summed E-state index contributed by atoms with van der Waals surface area (Å²) in [4.78, 5) is 27.4. The Morgan fingerprint density at radius 2 is 2.24 bits per heavy atom. The number of rotatable bonds is 3. The highest BCUT2D eigenvalue weighted by molar-refractivity contribution is 7.22. The van der Waals surface area contributed by atoms with E-state index in [0.717, 1.165) is 28.7 Å². The minimum Gasteiger partial charge on any atom is -0.368 e. The Balaban J connectivity index is 1.77. The van der Waals surface area contributed by atoms with E-state index < -0.39 is 0 Å². The normalized spacial score (nSPS) is 17.9. The molecule has 0 aliphatic carbocycles. The van der Waals surface area contributed by atoms with Crippen LogP contribution in [0, 0.1) is 0 Å². The maximum Gasteiger partial charge on any atom is 0.255 e.